The maximum atomic E-state index is 10.1. The average Bonchev–Trinajstić information content (AvgIpc) is 2.45. The standard InChI is InChI=1S/C17H27NO/c1-4-17(5-2)9-11-18(12-10-17)13-15-8-6-7-14(3)16(15)19/h6-8,19H,4-5,9-13H2,1-3H3. The first-order chi connectivity index (χ1) is 9.10. The summed E-state index contributed by atoms with van der Waals surface area (Å²) in [7, 11) is 0. The molecule has 2 rings (SSSR count). The van der Waals surface area contributed by atoms with Crippen LogP contribution in [0.3, 0.4) is 0 Å². The van der Waals surface area contributed by atoms with Crippen molar-refractivity contribution in [3.8, 4) is 5.75 Å². The van der Waals surface area contributed by atoms with Crippen molar-refractivity contribution < 1.29 is 5.11 Å². The molecule has 0 saturated carbocycles. The fourth-order valence-electron chi connectivity index (χ4n) is 3.23. The minimum absolute atomic E-state index is 0.477. The summed E-state index contributed by atoms with van der Waals surface area (Å²) in [4.78, 5) is 2.48. The van der Waals surface area contributed by atoms with Crippen molar-refractivity contribution in [2.75, 3.05) is 13.1 Å². The zero-order valence-electron chi connectivity index (χ0n) is 12.6. The van der Waals surface area contributed by atoms with Crippen LogP contribution in [0.1, 0.15) is 50.7 Å². The lowest BCUT2D eigenvalue weighted by Crippen LogP contribution is -2.39. The molecule has 1 saturated heterocycles. The second-order valence-electron chi connectivity index (χ2n) is 6.07. The van der Waals surface area contributed by atoms with Gasteiger partial charge < -0.3 is 5.11 Å². The van der Waals surface area contributed by atoms with Crippen molar-refractivity contribution >= 4 is 0 Å². The third-order valence-corrected chi connectivity index (χ3v) is 5.13. The average molecular weight is 261 g/mol. The Kier molecular flexibility index (Phi) is 4.51. The largest absolute Gasteiger partial charge is 0.507 e. The van der Waals surface area contributed by atoms with E-state index in [0.717, 1.165) is 30.8 Å². The highest BCUT2D eigenvalue weighted by Crippen LogP contribution is 2.38. The Morgan fingerprint density at radius 1 is 1.16 bits per heavy atom. The van der Waals surface area contributed by atoms with Gasteiger partial charge in [-0.3, -0.25) is 4.90 Å². The number of aryl methyl sites for hydroxylation is 1. The van der Waals surface area contributed by atoms with E-state index < -0.39 is 0 Å². The van der Waals surface area contributed by atoms with Crippen molar-refractivity contribution in [1.82, 2.24) is 4.90 Å². The van der Waals surface area contributed by atoms with E-state index in [-0.39, 0.29) is 0 Å². The molecule has 1 fully saturated rings. The Balaban J connectivity index is 1.98. The molecule has 19 heavy (non-hydrogen) atoms. The molecule has 1 aromatic rings. The molecule has 1 aliphatic heterocycles. The van der Waals surface area contributed by atoms with E-state index in [2.05, 4.69) is 18.7 Å². The molecule has 0 bridgehead atoms. The first-order valence-corrected chi connectivity index (χ1v) is 7.60. The van der Waals surface area contributed by atoms with Crippen molar-refractivity contribution in [2.45, 2.75) is 53.0 Å². The van der Waals surface area contributed by atoms with Crippen LogP contribution in [0.4, 0.5) is 0 Å². The van der Waals surface area contributed by atoms with E-state index >= 15 is 0 Å². The molecule has 0 atom stereocenters. The summed E-state index contributed by atoms with van der Waals surface area (Å²) in [5, 5.41) is 10.1. The van der Waals surface area contributed by atoms with Gasteiger partial charge in [0.1, 0.15) is 5.75 Å². The van der Waals surface area contributed by atoms with E-state index in [0.29, 0.717) is 11.2 Å². The van der Waals surface area contributed by atoms with Crippen molar-refractivity contribution in [1.29, 1.82) is 0 Å². The molecule has 2 nitrogen and oxygen atoms in total. The summed E-state index contributed by atoms with van der Waals surface area (Å²) < 4.78 is 0. The van der Waals surface area contributed by atoms with Crippen LogP contribution in [-0.2, 0) is 6.54 Å². The van der Waals surface area contributed by atoms with Gasteiger partial charge in [-0.1, -0.05) is 44.9 Å². The monoisotopic (exact) mass is 261 g/mol. The van der Waals surface area contributed by atoms with Crippen LogP contribution < -0.4 is 0 Å². The molecular weight excluding hydrogens is 234 g/mol. The quantitative estimate of drug-likeness (QED) is 0.882. The number of nitrogens with zero attached hydrogens (tertiary/aromatic N) is 1. The van der Waals surface area contributed by atoms with Gasteiger partial charge in [0, 0.05) is 12.1 Å². The molecule has 0 unspecified atom stereocenters. The summed E-state index contributed by atoms with van der Waals surface area (Å²) in [6, 6.07) is 6.05. The Labute approximate surface area is 117 Å². The van der Waals surface area contributed by atoms with E-state index in [1.165, 1.54) is 25.7 Å². The first-order valence-electron chi connectivity index (χ1n) is 7.60. The number of piperidine rings is 1. The van der Waals surface area contributed by atoms with Crippen molar-refractivity contribution in [3.05, 3.63) is 29.3 Å². The third-order valence-electron chi connectivity index (χ3n) is 5.13. The summed E-state index contributed by atoms with van der Waals surface area (Å²) in [6.45, 7) is 9.83. The molecule has 0 spiro atoms. The first kappa shape index (κ1) is 14.4. The van der Waals surface area contributed by atoms with Gasteiger partial charge in [-0.2, -0.15) is 0 Å². The molecule has 0 aromatic heterocycles. The predicted octanol–water partition coefficient (Wildman–Crippen LogP) is 4.10. The van der Waals surface area contributed by atoms with E-state index in [1.54, 1.807) is 0 Å². The molecule has 1 heterocycles. The Hall–Kier alpha value is -1.02. The second kappa shape index (κ2) is 5.96. The van der Waals surface area contributed by atoms with Crippen molar-refractivity contribution in [3.63, 3.8) is 0 Å². The molecule has 0 radical (unpaired) electrons. The number of hydrogen-bond acceptors (Lipinski definition) is 2. The number of para-hydroxylation sites is 1. The lowest BCUT2D eigenvalue weighted by molar-refractivity contribution is 0.0904. The Morgan fingerprint density at radius 2 is 1.79 bits per heavy atom. The number of benzene rings is 1. The summed E-state index contributed by atoms with van der Waals surface area (Å²) >= 11 is 0. The van der Waals surface area contributed by atoms with Crippen LogP contribution >= 0.6 is 0 Å². The fourth-order valence-corrected chi connectivity index (χ4v) is 3.23. The molecule has 2 heteroatoms. The number of aromatic hydroxyl groups is 1. The van der Waals surface area contributed by atoms with Gasteiger partial charge in [0.05, 0.1) is 0 Å². The van der Waals surface area contributed by atoms with E-state index in [4.69, 9.17) is 0 Å². The SMILES string of the molecule is CCC1(CC)CCN(Cc2cccc(C)c2O)CC1. The normalized spacial score (nSPS) is 19.5. The van der Waals surface area contributed by atoms with Crippen LogP contribution in [0.2, 0.25) is 0 Å². The smallest absolute Gasteiger partial charge is 0.122 e. The highest BCUT2D eigenvalue weighted by Gasteiger charge is 2.31. The van der Waals surface area contributed by atoms with Gasteiger partial charge in [0.2, 0.25) is 0 Å². The Bertz CT molecular complexity index is 413. The zero-order chi connectivity index (χ0) is 13.9. The number of rotatable bonds is 4. The van der Waals surface area contributed by atoms with Crippen LogP contribution in [0, 0.1) is 12.3 Å². The molecule has 0 aliphatic carbocycles. The summed E-state index contributed by atoms with van der Waals surface area (Å²) in [5.41, 5.74) is 2.62. The number of likely N-dealkylation sites (tertiary alicyclic amines) is 1. The number of phenolic OH excluding ortho intramolecular Hbond substituents is 1. The molecule has 0 amide bonds. The van der Waals surface area contributed by atoms with E-state index in [9.17, 15) is 5.11 Å². The lowest BCUT2D eigenvalue weighted by Gasteiger charge is -2.41. The highest BCUT2D eigenvalue weighted by atomic mass is 16.3. The maximum Gasteiger partial charge on any atom is 0.122 e. The van der Waals surface area contributed by atoms with Gasteiger partial charge >= 0.3 is 0 Å². The molecule has 1 N–H and O–H groups in total. The van der Waals surface area contributed by atoms with Gasteiger partial charge in [-0.25, -0.2) is 0 Å². The minimum Gasteiger partial charge on any atom is -0.507 e. The number of hydrogen-bond donors (Lipinski definition) is 1. The van der Waals surface area contributed by atoms with Crippen LogP contribution in [0.25, 0.3) is 0 Å². The third kappa shape index (κ3) is 3.11. The molecule has 1 aliphatic rings. The minimum atomic E-state index is 0.477. The second-order valence-corrected chi connectivity index (χ2v) is 6.07. The molecule has 106 valence electrons. The van der Waals surface area contributed by atoms with Crippen LogP contribution in [-0.4, -0.2) is 23.1 Å². The van der Waals surface area contributed by atoms with Gasteiger partial charge in [0.15, 0.2) is 0 Å². The van der Waals surface area contributed by atoms with Gasteiger partial charge in [0.25, 0.3) is 0 Å². The highest BCUT2D eigenvalue weighted by molar-refractivity contribution is 5.39. The van der Waals surface area contributed by atoms with Crippen LogP contribution in [0.15, 0.2) is 18.2 Å². The fraction of sp³-hybridized carbons (Fsp3) is 0.647. The summed E-state index contributed by atoms with van der Waals surface area (Å²) in [5.74, 6) is 0.477. The Morgan fingerprint density at radius 3 is 2.37 bits per heavy atom. The van der Waals surface area contributed by atoms with Gasteiger partial charge in [-0.15, -0.1) is 0 Å². The van der Waals surface area contributed by atoms with Crippen LogP contribution in [0.5, 0.6) is 5.75 Å². The predicted molar refractivity (Wildman–Crippen MR) is 80.4 cm³/mol. The molecular formula is C17H27NO. The van der Waals surface area contributed by atoms with E-state index in [1.807, 2.05) is 25.1 Å². The number of phenols is 1. The zero-order valence-corrected chi connectivity index (χ0v) is 12.6. The summed E-state index contributed by atoms with van der Waals surface area (Å²) in [6.07, 6.45) is 5.19. The van der Waals surface area contributed by atoms with Crippen molar-refractivity contribution in [2.24, 2.45) is 5.41 Å². The topological polar surface area (TPSA) is 23.5 Å². The molecule has 1 aromatic carbocycles. The maximum absolute atomic E-state index is 10.1. The lowest BCUT2D eigenvalue weighted by atomic mass is 9.74. The van der Waals surface area contributed by atoms with Gasteiger partial charge in [-0.05, 0) is 43.8 Å².